The van der Waals surface area contributed by atoms with Gasteiger partial charge in [0.05, 0.1) is 11.1 Å². The second-order valence-electron chi connectivity index (χ2n) is 14.4. The normalized spacial score (nSPS) is 13.2. The van der Waals surface area contributed by atoms with Gasteiger partial charge in [0.25, 0.3) is 0 Å². The molecule has 1 spiro atoms. The van der Waals surface area contributed by atoms with Crippen LogP contribution in [-0.4, -0.2) is 0 Å². The van der Waals surface area contributed by atoms with E-state index in [9.17, 15) is 0 Å². The molecule has 258 valence electrons. The Balaban J connectivity index is 1.20. The Labute approximate surface area is 326 Å². The highest BCUT2D eigenvalue weighted by atomic mass is 32.2. The number of benzene rings is 9. The average Bonchev–Trinajstić information content (AvgIpc) is 3.55. The molecule has 0 atom stereocenters. The predicted molar refractivity (Wildman–Crippen MR) is 231 cm³/mol. The summed E-state index contributed by atoms with van der Waals surface area (Å²) in [6.45, 7) is 0. The SMILES string of the molecule is c1ccc(-c2ccc(N(c3ccc(-c4ccccc4)cc3)c3cccc4c3C3(c5ccccc5-c5ccccc53)c3ccc5ccccc5c3S4)cc2)cc1. The van der Waals surface area contributed by atoms with Crippen molar-refractivity contribution in [3.05, 3.63) is 235 Å². The Morgan fingerprint density at radius 1 is 0.364 bits per heavy atom. The van der Waals surface area contributed by atoms with Gasteiger partial charge in [0.1, 0.15) is 0 Å². The standard InChI is InChI=1S/C53H35NS/c1-3-14-36(15-4-1)38-26-31-41(32-27-38)54(42-33-28-39(29-34-42)37-16-5-2-6-17-37)49-24-13-25-50-51(49)53(48-35-30-40-18-7-8-19-43(40)52(48)55-50)46-22-11-9-20-44(46)45-21-10-12-23-47(45)53/h1-35H. The molecule has 1 nitrogen and oxygen atoms in total. The Morgan fingerprint density at radius 2 is 0.873 bits per heavy atom. The Morgan fingerprint density at radius 3 is 1.47 bits per heavy atom. The fourth-order valence-corrected chi connectivity index (χ4v) is 10.5. The molecular formula is C53H35NS. The third kappa shape index (κ3) is 4.88. The smallest absolute Gasteiger partial charge is 0.0756 e. The van der Waals surface area contributed by atoms with Crippen molar-refractivity contribution < 1.29 is 0 Å². The molecule has 9 aromatic rings. The summed E-state index contributed by atoms with van der Waals surface area (Å²) < 4.78 is 0. The summed E-state index contributed by atoms with van der Waals surface area (Å²) in [5, 5.41) is 2.56. The van der Waals surface area contributed by atoms with E-state index in [0.717, 1.165) is 11.4 Å². The van der Waals surface area contributed by atoms with E-state index in [1.165, 1.54) is 81.9 Å². The highest BCUT2D eigenvalue weighted by Gasteiger charge is 2.52. The molecule has 0 fully saturated rings. The minimum absolute atomic E-state index is 0.546. The molecule has 0 N–H and O–H groups in total. The molecule has 0 aromatic heterocycles. The average molecular weight is 718 g/mol. The first-order valence-electron chi connectivity index (χ1n) is 18.9. The molecule has 0 unspecified atom stereocenters. The number of hydrogen-bond donors (Lipinski definition) is 0. The van der Waals surface area contributed by atoms with E-state index in [4.69, 9.17) is 0 Å². The predicted octanol–water partition coefficient (Wildman–Crippen LogP) is 14.5. The van der Waals surface area contributed by atoms with E-state index >= 15 is 0 Å². The first kappa shape index (κ1) is 31.9. The molecule has 2 aliphatic rings. The summed E-state index contributed by atoms with van der Waals surface area (Å²) in [4.78, 5) is 5.10. The van der Waals surface area contributed by atoms with Crippen LogP contribution >= 0.6 is 11.8 Å². The quantitative estimate of drug-likeness (QED) is 0.174. The van der Waals surface area contributed by atoms with E-state index in [1.54, 1.807) is 0 Å². The number of nitrogens with zero attached hydrogens (tertiary/aromatic N) is 1. The molecule has 1 aliphatic carbocycles. The van der Waals surface area contributed by atoms with Crippen LogP contribution in [0.15, 0.2) is 222 Å². The van der Waals surface area contributed by atoms with Crippen molar-refractivity contribution in [2.75, 3.05) is 4.90 Å². The minimum atomic E-state index is -0.546. The third-order valence-corrected chi connectivity index (χ3v) is 12.7. The molecule has 1 heterocycles. The molecule has 0 radical (unpaired) electrons. The molecule has 0 saturated heterocycles. The van der Waals surface area contributed by atoms with Crippen LogP contribution in [0.3, 0.4) is 0 Å². The van der Waals surface area contributed by atoms with Crippen LogP contribution < -0.4 is 4.90 Å². The molecule has 9 aromatic carbocycles. The Kier molecular flexibility index (Phi) is 7.40. The van der Waals surface area contributed by atoms with Gasteiger partial charge in [-0.2, -0.15) is 0 Å². The van der Waals surface area contributed by atoms with E-state index in [0.29, 0.717) is 0 Å². The molecule has 1 aliphatic heterocycles. The topological polar surface area (TPSA) is 3.24 Å². The summed E-state index contributed by atoms with van der Waals surface area (Å²) >= 11 is 1.92. The molecule has 0 amide bonds. The van der Waals surface area contributed by atoms with E-state index in [2.05, 4.69) is 217 Å². The van der Waals surface area contributed by atoms with Crippen LogP contribution in [0.5, 0.6) is 0 Å². The van der Waals surface area contributed by atoms with Gasteiger partial charge in [-0.3, -0.25) is 0 Å². The number of rotatable bonds is 5. The number of hydrogen-bond acceptors (Lipinski definition) is 2. The lowest BCUT2D eigenvalue weighted by molar-refractivity contribution is 0.725. The maximum Gasteiger partial charge on any atom is 0.0756 e. The maximum atomic E-state index is 2.49. The lowest BCUT2D eigenvalue weighted by Crippen LogP contribution is -2.34. The van der Waals surface area contributed by atoms with Crippen LogP contribution in [-0.2, 0) is 5.41 Å². The lowest BCUT2D eigenvalue weighted by Gasteiger charge is -2.43. The van der Waals surface area contributed by atoms with Gasteiger partial charge in [-0.25, -0.2) is 0 Å². The van der Waals surface area contributed by atoms with Crippen molar-refractivity contribution in [1.29, 1.82) is 0 Å². The van der Waals surface area contributed by atoms with Crippen molar-refractivity contribution in [3.8, 4) is 33.4 Å². The van der Waals surface area contributed by atoms with E-state index in [-0.39, 0.29) is 0 Å². The van der Waals surface area contributed by atoms with Gasteiger partial charge in [-0.15, -0.1) is 0 Å². The van der Waals surface area contributed by atoms with Crippen molar-refractivity contribution >= 4 is 39.6 Å². The fraction of sp³-hybridized carbons (Fsp3) is 0.0189. The molecule has 0 saturated carbocycles. The Bertz CT molecular complexity index is 2750. The first-order chi connectivity index (χ1) is 27.3. The Hall–Kier alpha value is -6.61. The maximum absolute atomic E-state index is 2.49. The lowest BCUT2D eigenvalue weighted by atomic mass is 9.66. The van der Waals surface area contributed by atoms with Gasteiger partial charge < -0.3 is 4.90 Å². The second-order valence-corrected chi connectivity index (χ2v) is 15.5. The van der Waals surface area contributed by atoms with Gasteiger partial charge in [-0.05, 0) is 97.2 Å². The van der Waals surface area contributed by atoms with Gasteiger partial charge in [-0.1, -0.05) is 188 Å². The highest BCUT2D eigenvalue weighted by Crippen LogP contribution is 2.65. The zero-order valence-electron chi connectivity index (χ0n) is 30.1. The third-order valence-electron chi connectivity index (χ3n) is 11.5. The van der Waals surface area contributed by atoms with Crippen LogP contribution in [0.4, 0.5) is 17.1 Å². The summed E-state index contributed by atoms with van der Waals surface area (Å²) in [7, 11) is 0. The van der Waals surface area contributed by atoms with Crippen molar-refractivity contribution in [2.45, 2.75) is 15.2 Å². The second kappa shape index (κ2) is 12.8. The van der Waals surface area contributed by atoms with E-state index in [1.807, 2.05) is 11.8 Å². The number of fused-ring (bicyclic) bond motifs is 11. The molecular weight excluding hydrogens is 683 g/mol. The van der Waals surface area contributed by atoms with Gasteiger partial charge in [0.15, 0.2) is 0 Å². The van der Waals surface area contributed by atoms with Crippen LogP contribution in [0.25, 0.3) is 44.2 Å². The van der Waals surface area contributed by atoms with Crippen LogP contribution in [0.1, 0.15) is 22.3 Å². The zero-order valence-corrected chi connectivity index (χ0v) is 30.9. The highest BCUT2D eigenvalue weighted by molar-refractivity contribution is 7.99. The van der Waals surface area contributed by atoms with E-state index < -0.39 is 5.41 Å². The summed E-state index contributed by atoms with van der Waals surface area (Å²) in [5.41, 5.74) is 15.6. The van der Waals surface area contributed by atoms with Gasteiger partial charge in [0.2, 0.25) is 0 Å². The van der Waals surface area contributed by atoms with Crippen molar-refractivity contribution in [1.82, 2.24) is 0 Å². The fourth-order valence-electron chi connectivity index (χ4n) is 9.15. The van der Waals surface area contributed by atoms with Crippen LogP contribution in [0, 0.1) is 0 Å². The molecule has 0 bridgehead atoms. The molecule has 11 rings (SSSR count). The van der Waals surface area contributed by atoms with Crippen molar-refractivity contribution in [2.24, 2.45) is 0 Å². The molecule has 55 heavy (non-hydrogen) atoms. The summed E-state index contributed by atoms with van der Waals surface area (Å²) in [6, 6.07) is 78.2. The summed E-state index contributed by atoms with van der Waals surface area (Å²) in [5.74, 6) is 0. The largest absolute Gasteiger partial charge is 0.310 e. The summed E-state index contributed by atoms with van der Waals surface area (Å²) in [6.07, 6.45) is 0. The van der Waals surface area contributed by atoms with Gasteiger partial charge >= 0.3 is 0 Å². The molecule has 2 heteroatoms. The van der Waals surface area contributed by atoms with Crippen molar-refractivity contribution in [3.63, 3.8) is 0 Å². The minimum Gasteiger partial charge on any atom is -0.310 e. The monoisotopic (exact) mass is 717 g/mol. The first-order valence-corrected chi connectivity index (χ1v) is 19.7. The zero-order chi connectivity index (χ0) is 36.3. The number of anilines is 3. The van der Waals surface area contributed by atoms with Crippen LogP contribution in [0.2, 0.25) is 0 Å². The van der Waals surface area contributed by atoms with Gasteiger partial charge in [0, 0.05) is 26.7 Å².